The Balaban J connectivity index is 2.07. The van der Waals surface area contributed by atoms with E-state index < -0.39 is 0 Å². The van der Waals surface area contributed by atoms with E-state index in [9.17, 15) is 4.79 Å². The van der Waals surface area contributed by atoms with Gasteiger partial charge in [0.25, 0.3) is 0 Å². The summed E-state index contributed by atoms with van der Waals surface area (Å²) in [5.41, 5.74) is 0. The van der Waals surface area contributed by atoms with E-state index >= 15 is 0 Å². The second kappa shape index (κ2) is 2.21. The van der Waals surface area contributed by atoms with Gasteiger partial charge in [-0.05, 0) is 0 Å². The molecule has 2 atom stereocenters. The molecule has 2 rings (SSSR count). The summed E-state index contributed by atoms with van der Waals surface area (Å²) in [7, 11) is 0. The molecule has 10 heavy (non-hydrogen) atoms. The number of nitrogens with zero attached hydrogens (tertiary/aromatic N) is 1. The van der Waals surface area contributed by atoms with Crippen LogP contribution in [0.5, 0.6) is 0 Å². The smallest absolute Gasteiger partial charge is 0.233 e. The largest absolute Gasteiger partial charge is 0.314 e. The van der Waals surface area contributed by atoms with Crippen molar-refractivity contribution in [1.29, 1.82) is 0 Å². The van der Waals surface area contributed by atoms with E-state index in [-0.39, 0.29) is 6.04 Å². The molecular weight excluding hydrogens is 132 g/mol. The fraction of sp³-hybridized carbons (Fsp3) is 0.833. The molecule has 0 aromatic rings. The van der Waals surface area contributed by atoms with Gasteiger partial charge in [0.15, 0.2) is 0 Å². The molecule has 2 fully saturated rings. The van der Waals surface area contributed by atoms with Gasteiger partial charge in [0.1, 0.15) is 0 Å². The Labute approximate surface area is 59.1 Å². The topological polar surface area (TPSA) is 41.6 Å². The summed E-state index contributed by atoms with van der Waals surface area (Å²) in [6.45, 7) is 2.55. The van der Waals surface area contributed by atoms with Crippen molar-refractivity contribution in [1.82, 2.24) is 10.4 Å². The third kappa shape index (κ3) is 0.726. The molecule has 0 aliphatic carbocycles. The van der Waals surface area contributed by atoms with Gasteiger partial charge in [0.2, 0.25) is 6.41 Å². The summed E-state index contributed by atoms with van der Waals surface area (Å²) < 4.78 is 0. The van der Waals surface area contributed by atoms with E-state index in [1.807, 2.05) is 0 Å². The highest BCUT2D eigenvalue weighted by Crippen LogP contribution is 2.22. The Hall–Kier alpha value is -0.610. The van der Waals surface area contributed by atoms with E-state index in [0.717, 1.165) is 19.5 Å². The Morgan fingerprint density at radius 2 is 2.50 bits per heavy atom. The Bertz CT molecular complexity index is 151. The van der Waals surface area contributed by atoms with Gasteiger partial charge in [-0.1, -0.05) is 0 Å². The summed E-state index contributed by atoms with van der Waals surface area (Å²) in [6, 6.07) is 0.289. The number of fused-ring (bicyclic) bond motifs is 1. The highest BCUT2D eigenvalue weighted by Gasteiger charge is 2.38. The number of carbonyl (C=O) groups is 1. The lowest BCUT2D eigenvalue weighted by atomic mass is 10.1. The SMILES string of the molecule is O=CN1OCC2CNCC21. The van der Waals surface area contributed by atoms with Gasteiger partial charge in [-0.15, -0.1) is 0 Å². The maximum Gasteiger partial charge on any atom is 0.233 e. The molecule has 0 radical (unpaired) electrons. The monoisotopic (exact) mass is 142 g/mol. The lowest BCUT2D eigenvalue weighted by Crippen LogP contribution is -2.31. The van der Waals surface area contributed by atoms with Crippen molar-refractivity contribution in [2.45, 2.75) is 6.04 Å². The first-order chi connectivity index (χ1) is 4.92. The van der Waals surface area contributed by atoms with Crippen LogP contribution < -0.4 is 5.32 Å². The van der Waals surface area contributed by atoms with Crippen molar-refractivity contribution in [2.24, 2.45) is 5.92 Å². The molecule has 2 aliphatic rings. The van der Waals surface area contributed by atoms with Gasteiger partial charge in [-0.2, -0.15) is 0 Å². The zero-order valence-corrected chi connectivity index (χ0v) is 5.62. The minimum Gasteiger partial charge on any atom is -0.314 e. The molecule has 0 aromatic carbocycles. The van der Waals surface area contributed by atoms with E-state index in [2.05, 4.69) is 5.32 Å². The quantitative estimate of drug-likeness (QED) is 0.476. The molecule has 0 saturated carbocycles. The average molecular weight is 142 g/mol. The third-order valence-corrected chi connectivity index (χ3v) is 2.17. The molecule has 2 heterocycles. The normalized spacial score (nSPS) is 38.2. The van der Waals surface area contributed by atoms with Crippen molar-refractivity contribution in [3.05, 3.63) is 0 Å². The highest BCUT2D eigenvalue weighted by molar-refractivity contribution is 5.46. The van der Waals surface area contributed by atoms with Crippen LogP contribution >= 0.6 is 0 Å². The Morgan fingerprint density at radius 3 is 3.30 bits per heavy atom. The summed E-state index contributed by atoms with van der Waals surface area (Å²) >= 11 is 0. The van der Waals surface area contributed by atoms with Crippen molar-refractivity contribution in [2.75, 3.05) is 19.7 Å². The second-order valence-corrected chi connectivity index (χ2v) is 2.75. The summed E-state index contributed by atoms with van der Waals surface area (Å²) in [4.78, 5) is 15.4. The molecule has 0 aromatic heterocycles. The third-order valence-electron chi connectivity index (χ3n) is 2.17. The predicted molar refractivity (Wildman–Crippen MR) is 34.0 cm³/mol. The first kappa shape index (κ1) is 6.12. The van der Waals surface area contributed by atoms with Crippen molar-refractivity contribution >= 4 is 6.41 Å². The van der Waals surface area contributed by atoms with Crippen LogP contribution in [0.15, 0.2) is 0 Å². The molecule has 2 unspecified atom stereocenters. The average Bonchev–Trinajstić information content (AvgIpc) is 2.44. The van der Waals surface area contributed by atoms with E-state index in [1.54, 1.807) is 0 Å². The minimum absolute atomic E-state index is 0.289. The van der Waals surface area contributed by atoms with Crippen LogP contribution in [0.1, 0.15) is 0 Å². The lowest BCUT2D eigenvalue weighted by molar-refractivity contribution is -0.160. The van der Waals surface area contributed by atoms with Crippen LogP contribution in [0.2, 0.25) is 0 Å². The minimum atomic E-state index is 0.289. The first-order valence-electron chi connectivity index (χ1n) is 3.49. The zero-order valence-electron chi connectivity index (χ0n) is 5.62. The molecule has 4 heteroatoms. The van der Waals surface area contributed by atoms with Crippen LogP contribution in [-0.4, -0.2) is 37.2 Å². The van der Waals surface area contributed by atoms with Crippen molar-refractivity contribution < 1.29 is 9.63 Å². The highest BCUT2D eigenvalue weighted by atomic mass is 16.7. The van der Waals surface area contributed by atoms with Gasteiger partial charge in [-0.3, -0.25) is 9.63 Å². The Kier molecular flexibility index (Phi) is 1.35. The fourth-order valence-electron chi connectivity index (χ4n) is 1.57. The fourth-order valence-corrected chi connectivity index (χ4v) is 1.57. The van der Waals surface area contributed by atoms with Gasteiger partial charge in [0.05, 0.1) is 12.6 Å². The van der Waals surface area contributed by atoms with Gasteiger partial charge in [-0.25, -0.2) is 5.06 Å². The molecule has 1 N–H and O–H groups in total. The molecule has 2 aliphatic heterocycles. The van der Waals surface area contributed by atoms with Gasteiger partial charge in [0, 0.05) is 19.0 Å². The molecule has 1 amide bonds. The molecule has 2 saturated heterocycles. The molecule has 4 nitrogen and oxygen atoms in total. The lowest BCUT2D eigenvalue weighted by Gasteiger charge is -2.14. The van der Waals surface area contributed by atoms with Gasteiger partial charge >= 0.3 is 0 Å². The summed E-state index contributed by atoms with van der Waals surface area (Å²) in [6.07, 6.45) is 0.762. The summed E-state index contributed by atoms with van der Waals surface area (Å²) in [5.74, 6) is 0.519. The standard InChI is InChI=1S/C6H10N2O2/c9-4-8-6-2-7-1-5(6)3-10-8/h4-7H,1-3H2. The van der Waals surface area contributed by atoms with Crippen molar-refractivity contribution in [3.63, 3.8) is 0 Å². The number of rotatable bonds is 1. The second-order valence-electron chi connectivity index (χ2n) is 2.75. The maximum absolute atomic E-state index is 10.3. The summed E-state index contributed by atoms with van der Waals surface area (Å²) in [5, 5.41) is 4.63. The van der Waals surface area contributed by atoms with Crippen LogP contribution in [-0.2, 0) is 9.63 Å². The number of hydroxylamine groups is 2. The number of hydrogen-bond donors (Lipinski definition) is 1. The van der Waals surface area contributed by atoms with Crippen molar-refractivity contribution in [3.8, 4) is 0 Å². The predicted octanol–water partition coefficient (Wildman–Crippen LogP) is -1.02. The molecular formula is C6H10N2O2. The molecule has 56 valence electrons. The van der Waals surface area contributed by atoms with Crippen LogP contribution in [0.4, 0.5) is 0 Å². The molecule has 0 bridgehead atoms. The zero-order chi connectivity index (χ0) is 6.97. The Morgan fingerprint density at radius 1 is 1.60 bits per heavy atom. The first-order valence-corrected chi connectivity index (χ1v) is 3.49. The number of nitrogens with one attached hydrogen (secondary N) is 1. The van der Waals surface area contributed by atoms with E-state index in [4.69, 9.17) is 4.84 Å². The van der Waals surface area contributed by atoms with Gasteiger partial charge < -0.3 is 5.32 Å². The van der Waals surface area contributed by atoms with Crippen LogP contribution in [0, 0.1) is 5.92 Å². The number of amides is 1. The van der Waals surface area contributed by atoms with E-state index in [1.165, 1.54) is 5.06 Å². The molecule has 0 spiro atoms. The number of carbonyl (C=O) groups excluding carboxylic acids is 1. The van der Waals surface area contributed by atoms with Crippen LogP contribution in [0.25, 0.3) is 0 Å². The van der Waals surface area contributed by atoms with Crippen LogP contribution in [0.3, 0.4) is 0 Å². The van der Waals surface area contributed by atoms with E-state index in [0.29, 0.717) is 12.5 Å². The maximum atomic E-state index is 10.3. The number of hydrogen-bond acceptors (Lipinski definition) is 3.